The van der Waals surface area contributed by atoms with Crippen LogP contribution in [0.15, 0.2) is 53.4 Å². The third-order valence-electron chi connectivity index (χ3n) is 6.33. The van der Waals surface area contributed by atoms with Crippen molar-refractivity contribution in [1.82, 2.24) is 9.21 Å². The van der Waals surface area contributed by atoms with E-state index < -0.39 is 10.0 Å². The Morgan fingerprint density at radius 3 is 2.52 bits per heavy atom. The van der Waals surface area contributed by atoms with Crippen molar-refractivity contribution in [2.75, 3.05) is 50.0 Å². The quantitative estimate of drug-likeness (QED) is 0.644. The van der Waals surface area contributed by atoms with Crippen LogP contribution in [0, 0.1) is 6.92 Å². The second-order valence-electron chi connectivity index (χ2n) is 8.65. The van der Waals surface area contributed by atoms with Crippen LogP contribution < -0.4 is 10.6 Å². The van der Waals surface area contributed by atoms with Crippen LogP contribution in [-0.2, 0) is 19.6 Å². The fraction of sp³-hybridized carbons (Fsp3) is 0.458. The summed E-state index contributed by atoms with van der Waals surface area (Å²) in [6.45, 7) is 6.71. The third kappa shape index (κ3) is 5.55. The molecule has 2 aliphatic rings. The summed E-state index contributed by atoms with van der Waals surface area (Å²) in [6.07, 6.45) is 0.957. The molecule has 2 atom stereocenters. The lowest BCUT2D eigenvalue weighted by Crippen LogP contribution is -2.42. The molecule has 4 rings (SSSR count). The lowest BCUT2D eigenvalue weighted by atomic mass is 10.2. The number of aryl methyl sites for hydroxylation is 1. The van der Waals surface area contributed by atoms with Gasteiger partial charge in [0.1, 0.15) is 0 Å². The summed E-state index contributed by atoms with van der Waals surface area (Å²) in [5, 5.41) is 6.44. The highest BCUT2D eigenvalue weighted by molar-refractivity contribution is 7.89. The number of carbonyl (C=O) groups excluding carboxylic acids is 1. The van der Waals surface area contributed by atoms with Crippen molar-refractivity contribution in [3.63, 3.8) is 0 Å². The number of para-hydroxylation sites is 1. The van der Waals surface area contributed by atoms with Gasteiger partial charge in [-0.25, -0.2) is 8.42 Å². The molecule has 2 aromatic rings. The molecule has 2 N–H and O–H groups in total. The van der Waals surface area contributed by atoms with Crippen molar-refractivity contribution < 1.29 is 17.9 Å². The molecule has 0 saturated carbocycles. The van der Waals surface area contributed by atoms with Gasteiger partial charge in [-0.1, -0.05) is 24.3 Å². The van der Waals surface area contributed by atoms with E-state index in [1.807, 2.05) is 37.3 Å². The summed E-state index contributed by atoms with van der Waals surface area (Å²) in [4.78, 5) is 15.3. The molecule has 2 fully saturated rings. The maximum absolute atomic E-state index is 13.1. The number of ether oxygens (including phenoxy) is 1. The Hall–Kier alpha value is -2.46. The van der Waals surface area contributed by atoms with Crippen molar-refractivity contribution in [3.8, 4) is 0 Å². The van der Waals surface area contributed by atoms with Gasteiger partial charge in [-0.2, -0.15) is 4.31 Å². The second kappa shape index (κ2) is 10.2. The number of rotatable bonds is 7. The molecule has 0 bridgehead atoms. The fourth-order valence-electron chi connectivity index (χ4n) is 4.32. The van der Waals surface area contributed by atoms with Crippen LogP contribution in [0.25, 0.3) is 0 Å². The highest BCUT2D eigenvalue weighted by Gasteiger charge is 2.31. The molecule has 0 spiro atoms. The van der Waals surface area contributed by atoms with E-state index in [9.17, 15) is 13.2 Å². The number of nitrogens with one attached hydrogen (secondary N) is 2. The Bertz CT molecular complexity index is 1070. The van der Waals surface area contributed by atoms with E-state index in [1.54, 1.807) is 25.1 Å². The number of likely N-dealkylation sites (tertiary alicyclic amines) is 1. The van der Waals surface area contributed by atoms with Crippen LogP contribution in [0.2, 0.25) is 0 Å². The fourth-order valence-corrected chi connectivity index (χ4v) is 5.98. The molecule has 0 radical (unpaired) electrons. The summed E-state index contributed by atoms with van der Waals surface area (Å²) in [5.74, 6) is -0.145. The van der Waals surface area contributed by atoms with Gasteiger partial charge in [0.05, 0.1) is 24.2 Å². The first-order valence-electron chi connectivity index (χ1n) is 11.4. The molecule has 0 aliphatic carbocycles. The molecule has 2 aliphatic heterocycles. The van der Waals surface area contributed by atoms with Gasteiger partial charge in [-0.15, -0.1) is 0 Å². The van der Waals surface area contributed by atoms with Gasteiger partial charge in [0.2, 0.25) is 15.9 Å². The van der Waals surface area contributed by atoms with E-state index >= 15 is 0 Å². The van der Waals surface area contributed by atoms with E-state index in [-0.39, 0.29) is 22.9 Å². The molecule has 9 heteroatoms. The lowest BCUT2D eigenvalue weighted by Gasteiger charge is -2.27. The summed E-state index contributed by atoms with van der Waals surface area (Å²) >= 11 is 0. The molecule has 2 aromatic carbocycles. The maximum atomic E-state index is 13.1. The minimum Gasteiger partial charge on any atom is -0.381 e. The van der Waals surface area contributed by atoms with Crippen LogP contribution in [0.5, 0.6) is 0 Å². The number of nitrogens with zero attached hydrogens (tertiary/aromatic N) is 2. The Balaban J connectivity index is 1.39. The van der Waals surface area contributed by atoms with Gasteiger partial charge >= 0.3 is 0 Å². The van der Waals surface area contributed by atoms with E-state index in [0.717, 1.165) is 25.2 Å². The zero-order chi connectivity index (χ0) is 23.4. The average Bonchev–Trinajstić information content (AvgIpc) is 3.29. The summed E-state index contributed by atoms with van der Waals surface area (Å²) in [7, 11) is -3.64. The number of anilines is 2. The minimum atomic E-state index is -3.64. The molecular weight excluding hydrogens is 440 g/mol. The highest BCUT2D eigenvalue weighted by Crippen LogP contribution is 2.25. The summed E-state index contributed by atoms with van der Waals surface area (Å²) in [6, 6.07) is 15.1. The number of morpholine rings is 1. The summed E-state index contributed by atoms with van der Waals surface area (Å²) in [5.41, 5.74) is 2.22. The Kier molecular flexibility index (Phi) is 7.33. The molecule has 2 heterocycles. The number of amides is 1. The largest absolute Gasteiger partial charge is 0.381 e. The zero-order valence-electron chi connectivity index (χ0n) is 19.2. The van der Waals surface area contributed by atoms with Gasteiger partial charge in [0, 0.05) is 43.6 Å². The van der Waals surface area contributed by atoms with E-state index in [2.05, 4.69) is 15.5 Å². The van der Waals surface area contributed by atoms with Crippen LogP contribution in [0.3, 0.4) is 0 Å². The van der Waals surface area contributed by atoms with Crippen molar-refractivity contribution >= 4 is 27.3 Å². The SMILES string of the molecule is Cc1ccc(NC(=O)[C@@H](C)N2CC[C@H](Nc3ccccc3)C2)cc1S(=O)(=O)N1CCOCC1. The Morgan fingerprint density at radius 2 is 1.79 bits per heavy atom. The van der Waals surface area contributed by atoms with E-state index in [4.69, 9.17) is 4.74 Å². The van der Waals surface area contributed by atoms with Gasteiger partial charge in [0.25, 0.3) is 0 Å². The minimum absolute atomic E-state index is 0.145. The van der Waals surface area contributed by atoms with Crippen LogP contribution in [0.4, 0.5) is 11.4 Å². The first kappa shape index (κ1) is 23.7. The molecule has 0 unspecified atom stereocenters. The second-order valence-corrected chi connectivity index (χ2v) is 10.6. The number of benzene rings is 2. The predicted octanol–water partition coefficient (Wildman–Crippen LogP) is 2.53. The van der Waals surface area contributed by atoms with Crippen molar-refractivity contribution in [1.29, 1.82) is 0 Å². The molecule has 8 nitrogen and oxygen atoms in total. The maximum Gasteiger partial charge on any atom is 0.243 e. The monoisotopic (exact) mass is 472 g/mol. The number of hydrogen-bond acceptors (Lipinski definition) is 6. The number of carbonyl (C=O) groups is 1. The smallest absolute Gasteiger partial charge is 0.243 e. The standard InChI is InChI=1S/C24H32N4O4S/c1-18-8-9-21(16-23(18)33(30,31)28-12-14-32-15-13-28)26-24(29)19(2)27-11-10-22(17-27)25-20-6-4-3-5-7-20/h3-9,16,19,22,25H,10-15,17H2,1-2H3,(H,26,29)/t19-,22+/m1/s1. The number of hydrogen-bond donors (Lipinski definition) is 2. The van der Waals surface area contributed by atoms with Gasteiger partial charge < -0.3 is 15.4 Å². The van der Waals surface area contributed by atoms with Crippen LogP contribution in [0.1, 0.15) is 18.9 Å². The first-order valence-corrected chi connectivity index (χ1v) is 12.8. The molecule has 0 aromatic heterocycles. The number of sulfonamides is 1. The first-order chi connectivity index (χ1) is 15.8. The summed E-state index contributed by atoms with van der Waals surface area (Å²) < 4.78 is 33.0. The molecule has 1 amide bonds. The third-order valence-corrected chi connectivity index (χ3v) is 8.38. The van der Waals surface area contributed by atoms with Gasteiger partial charge in [0.15, 0.2) is 0 Å². The molecule has 178 valence electrons. The van der Waals surface area contributed by atoms with E-state index in [1.165, 1.54) is 4.31 Å². The Labute approximate surface area is 196 Å². The molecule has 2 saturated heterocycles. The molecular formula is C24H32N4O4S. The predicted molar refractivity (Wildman–Crippen MR) is 129 cm³/mol. The van der Waals surface area contributed by atoms with Gasteiger partial charge in [-0.3, -0.25) is 9.69 Å². The Morgan fingerprint density at radius 1 is 1.06 bits per heavy atom. The normalized spacial score (nSPS) is 21.0. The van der Waals surface area contributed by atoms with Crippen LogP contribution >= 0.6 is 0 Å². The highest BCUT2D eigenvalue weighted by atomic mass is 32.2. The lowest BCUT2D eigenvalue weighted by molar-refractivity contribution is -0.120. The van der Waals surface area contributed by atoms with Crippen molar-refractivity contribution in [3.05, 3.63) is 54.1 Å². The van der Waals surface area contributed by atoms with E-state index in [0.29, 0.717) is 37.6 Å². The van der Waals surface area contributed by atoms with Crippen molar-refractivity contribution in [2.24, 2.45) is 0 Å². The average molecular weight is 473 g/mol. The topological polar surface area (TPSA) is 91.0 Å². The molecule has 33 heavy (non-hydrogen) atoms. The zero-order valence-corrected chi connectivity index (χ0v) is 20.0. The van der Waals surface area contributed by atoms with Gasteiger partial charge in [-0.05, 0) is 50.1 Å². The van der Waals surface area contributed by atoms with Crippen molar-refractivity contribution in [2.45, 2.75) is 37.2 Å². The van der Waals surface area contributed by atoms with Crippen LogP contribution in [-0.4, -0.2) is 75.0 Å².